The van der Waals surface area contributed by atoms with Crippen molar-refractivity contribution in [3.63, 3.8) is 0 Å². The van der Waals surface area contributed by atoms with Crippen molar-refractivity contribution in [3.8, 4) is 5.75 Å². The lowest BCUT2D eigenvalue weighted by Crippen LogP contribution is -2.33. The first-order chi connectivity index (χ1) is 15.9. The number of furan rings is 1. The fourth-order valence-electron chi connectivity index (χ4n) is 3.56. The quantitative estimate of drug-likeness (QED) is 0.475. The Kier molecular flexibility index (Phi) is 5.99. The third-order valence-corrected chi connectivity index (χ3v) is 5.22. The third-order valence-electron chi connectivity index (χ3n) is 5.22. The molecule has 10 heteroatoms. The van der Waals surface area contributed by atoms with E-state index in [1.54, 1.807) is 56.5 Å². The van der Waals surface area contributed by atoms with E-state index in [-0.39, 0.29) is 37.2 Å². The maximum absolute atomic E-state index is 12.9. The predicted octanol–water partition coefficient (Wildman–Crippen LogP) is 2.88. The molecule has 4 rings (SSSR count). The van der Waals surface area contributed by atoms with Gasteiger partial charge in [-0.2, -0.15) is 0 Å². The molecule has 0 spiro atoms. The highest BCUT2D eigenvalue weighted by Gasteiger charge is 2.28. The van der Waals surface area contributed by atoms with Crippen LogP contribution in [-0.4, -0.2) is 48.9 Å². The Balaban J connectivity index is 1.38. The number of benzene rings is 2. The number of amides is 5. The van der Waals surface area contributed by atoms with Gasteiger partial charge >= 0.3 is 6.03 Å². The Morgan fingerprint density at radius 1 is 1.09 bits per heavy atom. The summed E-state index contributed by atoms with van der Waals surface area (Å²) in [5, 5.41) is 8.58. The number of hydrogen-bond acceptors (Lipinski definition) is 6. The molecule has 3 aromatic rings. The van der Waals surface area contributed by atoms with Gasteiger partial charge in [-0.05, 0) is 49.4 Å². The first kappa shape index (κ1) is 21.9. The number of nitrogens with zero attached hydrogens (tertiary/aromatic N) is 1. The number of carbonyl (C=O) groups is 4. The lowest BCUT2D eigenvalue weighted by atomic mass is 10.1. The van der Waals surface area contributed by atoms with Crippen molar-refractivity contribution in [3.05, 3.63) is 53.8 Å². The number of methoxy groups -OCH3 is 1. The van der Waals surface area contributed by atoms with E-state index < -0.39 is 6.03 Å². The van der Waals surface area contributed by atoms with E-state index in [2.05, 4.69) is 16.0 Å². The van der Waals surface area contributed by atoms with E-state index in [0.29, 0.717) is 39.4 Å². The molecule has 0 saturated carbocycles. The average molecular weight is 450 g/mol. The zero-order valence-electron chi connectivity index (χ0n) is 18.1. The van der Waals surface area contributed by atoms with Crippen molar-refractivity contribution in [2.75, 3.05) is 30.8 Å². The topological polar surface area (TPSA) is 130 Å². The van der Waals surface area contributed by atoms with Gasteiger partial charge in [0.2, 0.25) is 11.8 Å². The van der Waals surface area contributed by atoms with Crippen molar-refractivity contribution in [2.45, 2.75) is 13.3 Å². The van der Waals surface area contributed by atoms with Crippen LogP contribution in [-0.2, 0) is 9.59 Å². The van der Waals surface area contributed by atoms with Crippen LogP contribution in [0.25, 0.3) is 11.0 Å². The van der Waals surface area contributed by atoms with Gasteiger partial charge in [0, 0.05) is 29.7 Å². The number of ether oxygens (including phenoxy) is 1. The molecule has 1 fully saturated rings. The van der Waals surface area contributed by atoms with Crippen molar-refractivity contribution >= 4 is 46.1 Å². The van der Waals surface area contributed by atoms with Crippen LogP contribution in [0.5, 0.6) is 5.75 Å². The maximum Gasteiger partial charge on any atom is 0.324 e. The summed E-state index contributed by atoms with van der Waals surface area (Å²) in [5.74, 6) is 0.0857. The van der Waals surface area contributed by atoms with Gasteiger partial charge in [0.25, 0.3) is 5.91 Å². The summed E-state index contributed by atoms with van der Waals surface area (Å²) in [5.41, 5.74) is 2.06. The standard InChI is InChI=1S/C23H22N4O6/c1-13-21(17-11-16(32-2)7-8-18(17)33-13)22(30)26-15-5-3-14(4-6-15)25-19(28)9-10-27-20(29)12-24-23(27)31/h3-8,11H,9-10,12H2,1-2H3,(H,24,31)(H,25,28)(H,26,30). The number of urea groups is 1. The van der Waals surface area contributed by atoms with Crippen LogP contribution in [0.4, 0.5) is 16.2 Å². The molecule has 3 N–H and O–H groups in total. The number of fused-ring (bicyclic) bond motifs is 1. The molecule has 0 bridgehead atoms. The fraction of sp³-hybridized carbons (Fsp3) is 0.217. The lowest BCUT2D eigenvalue weighted by molar-refractivity contribution is -0.125. The second kappa shape index (κ2) is 9.03. The molecule has 1 aliphatic rings. The molecule has 170 valence electrons. The first-order valence-corrected chi connectivity index (χ1v) is 10.2. The smallest absolute Gasteiger partial charge is 0.324 e. The summed E-state index contributed by atoms with van der Waals surface area (Å²) < 4.78 is 10.9. The lowest BCUT2D eigenvalue weighted by Gasteiger charge is -2.12. The second-order valence-corrected chi connectivity index (χ2v) is 7.43. The Morgan fingerprint density at radius 2 is 1.79 bits per heavy atom. The van der Waals surface area contributed by atoms with E-state index in [1.807, 2.05) is 0 Å². The Hall–Kier alpha value is -4.34. The summed E-state index contributed by atoms with van der Waals surface area (Å²) >= 11 is 0. The number of anilines is 2. The molecule has 1 aromatic heterocycles. The zero-order chi connectivity index (χ0) is 23.5. The van der Waals surface area contributed by atoms with Crippen molar-refractivity contribution in [2.24, 2.45) is 0 Å². The van der Waals surface area contributed by atoms with E-state index in [1.165, 1.54) is 0 Å². The van der Waals surface area contributed by atoms with E-state index >= 15 is 0 Å². The molecule has 0 radical (unpaired) electrons. The molecule has 1 saturated heterocycles. The minimum Gasteiger partial charge on any atom is -0.497 e. The normalized spacial score (nSPS) is 13.2. The summed E-state index contributed by atoms with van der Waals surface area (Å²) in [6, 6.07) is 11.4. The number of rotatable bonds is 7. The molecule has 0 atom stereocenters. The number of nitrogens with one attached hydrogen (secondary N) is 3. The number of hydrogen-bond donors (Lipinski definition) is 3. The second-order valence-electron chi connectivity index (χ2n) is 7.43. The highest BCUT2D eigenvalue weighted by atomic mass is 16.5. The molecule has 5 amide bonds. The molecule has 10 nitrogen and oxygen atoms in total. The van der Waals surface area contributed by atoms with Crippen molar-refractivity contribution < 1.29 is 28.3 Å². The van der Waals surface area contributed by atoms with E-state index in [0.717, 1.165) is 4.90 Å². The van der Waals surface area contributed by atoms with E-state index in [4.69, 9.17) is 9.15 Å². The highest BCUT2D eigenvalue weighted by molar-refractivity contribution is 6.13. The van der Waals surface area contributed by atoms with Crippen LogP contribution >= 0.6 is 0 Å². The third kappa shape index (κ3) is 4.64. The van der Waals surface area contributed by atoms with Gasteiger partial charge in [0.15, 0.2) is 0 Å². The zero-order valence-corrected chi connectivity index (χ0v) is 18.1. The summed E-state index contributed by atoms with van der Waals surface area (Å²) in [6.07, 6.45) is -0.0199. The minimum atomic E-state index is -0.494. The van der Waals surface area contributed by atoms with Gasteiger partial charge in [-0.1, -0.05) is 0 Å². The van der Waals surface area contributed by atoms with Crippen LogP contribution in [0.3, 0.4) is 0 Å². The highest BCUT2D eigenvalue weighted by Crippen LogP contribution is 2.29. The van der Waals surface area contributed by atoms with Gasteiger partial charge in [-0.3, -0.25) is 19.3 Å². The van der Waals surface area contributed by atoms with Gasteiger partial charge in [-0.15, -0.1) is 0 Å². The van der Waals surface area contributed by atoms with Crippen LogP contribution < -0.4 is 20.7 Å². The van der Waals surface area contributed by atoms with Crippen molar-refractivity contribution in [1.82, 2.24) is 10.2 Å². The molecular weight excluding hydrogens is 428 g/mol. The molecule has 0 unspecified atom stereocenters. The van der Waals surface area contributed by atoms with Gasteiger partial charge in [-0.25, -0.2) is 4.79 Å². The monoisotopic (exact) mass is 450 g/mol. The molecule has 33 heavy (non-hydrogen) atoms. The van der Waals surface area contributed by atoms with Crippen LogP contribution in [0, 0.1) is 6.92 Å². The van der Waals surface area contributed by atoms with Gasteiger partial charge in [0.05, 0.1) is 19.2 Å². The van der Waals surface area contributed by atoms with E-state index in [9.17, 15) is 19.2 Å². The SMILES string of the molecule is COc1ccc2oc(C)c(C(=O)Nc3ccc(NC(=O)CCN4C(=O)CNC4=O)cc3)c2c1. The maximum atomic E-state index is 12.9. The Morgan fingerprint density at radius 3 is 2.42 bits per heavy atom. The van der Waals surface area contributed by atoms with Gasteiger partial charge < -0.3 is 25.1 Å². The molecule has 0 aliphatic carbocycles. The largest absolute Gasteiger partial charge is 0.497 e. The predicted molar refractivity (Wildman–Crippen MR) is 120 cm³/mol. The average Bonchev–Trinajstić information content (AvgIpc) is 3.30. The summed E-state index contributed by atoms with van der Waals surface area (Å²) in [4.78, 5) is 49.1. The van der Waals surface area contributed by atoms with Gasteiger partial charge in [0.1, 0.15) is 17.1 Å². The van der Waals surface area contributed by atoms with Crippen LogP contribution in [0.1, 0.15) is 22.5 Å². The summed E-state index contributed by atoms with van der Waals surface area (Å²) in [7, 11) is 1.55. The Bertz CT molecular complexity index is 1230. The van der Waals surface area contributed by atoms with Crippen molar-refractivity contribution in [1.29, 1.82) is 0 Å². The van der Waals surface area contributed by atoms with Crippen LogP contribution in [0.2, 0.25) is 0 Å². The molecule has 1 aliphatic heterocycles. The number of carbonyl (C=O) groups excluding carboxylic acids is 4. The van der Waals surface area contributed by atoms with Crippen LogP contribution in [0.15, 0.2) is 46.9 Å². The molecule has 2 aromatic carbocycles. The Labute approximate surface area is 188 Å². The number of imide groups is 1. The molecular formula is C23H22N4O6. The number of aryl methyl sites for hydroxylation is 1. The minimum absolute atomic E-state index is 0.00738. The summed E-state index contributed by atoms with van der Waals surface area (Å²) in [6.45, 7) is 1.68. The fourth-order valence-corrected chi connectivity index (χ4v) is 3.56. The first-order valence-electron chi connectivity index (χ1n) is 10.2. The molecule has 2 heterocycles.